The second-order valence-electron chi connectivity index (χ2n) is 7.87. The number of benzene rings is 2. The van der Waals surface area contributed by atoms with Crippen LogP contribution in [0.25, 0.3) is 0 Å². The molecule has 5 heteroatoms. The minimum atomic E-state index is 0.384. The van der Waals surface area contributed by atoms with Gasteiger partial charge >= 0.3 is 0 Å². The minimum absolute atomic E-state index is 0.384. The Morgan fingerprint density at radius 3 is 2.55 bits per heavy atom. The Balaban J connectivity index is 1.59. The lowest BCUT2D eigenvalue weighted by Gasteiger charge is -2.42. The zero-order chi connectivity index (χ0) is 20.8. The topological polar surface area (TPSA) is 27.7 Å². The van der Waals surface area contributed by atoms with Crippen LogP contribution in [0.4, 0.5) is 11.4 Å². The van der Waals surface area contributed by atoms with Crippen molar-refractivity contribution < 1.29 is 4.74 Å². The number of anilines is 2. The Hall–Kier alpha value is -2.27. The van der Waals surface area contributed by atoms with E-state index in [2.05, 4.69) is 66.2 Å². The number of rotatable bonds is 6. The largest absolute Gasteiger partial charge is 0.497 e. The summed E-state index contributed by atoms with van der Waals surface area (Å²) in [7, 11) is 1.70. The highest BCUT2D eigenvalue weighted by atomic mass is 32.1. The molecule has 0 amide bonds. The van der Waals surface area contributed by atoms with E-state index in [4.69, 9.17) is 17.0 Å². The molecule has 0 bridgehead atoms. The van der Waals surface area contributed by atoms with Crippen LogP contribution in [0.2, 0.25) is 0 Å². The Morgan fingerprint density at radius 2 is 1.93 bits per heavy atom. The van der Waals surface area contributed by atoms with Gasteiger partial charge in [-0.05, 0) is 80.4 Å². The molecule has 1 fully saturated rings. The second-order valence-corrected chi connectivity index (χ2v) is 8.26. The van der Waals surface area contributed by atoms with Gasteiger partial charge in [-0.15, -0.1) is 0 Å². The molecule has 1 unspecified atom stereocenters. The van der Waals surface area contributed by atoms with Crippen LogP contribution in [-0.4, -0.2) is 42.8 Å². The third kappa shape index (κ3) is 5.41. The van der Waals surface area contributed by atoms with Crippen LogP contribution in [0.15, 0.2) is 42.5 Å². The molecule has 0 aliphatic carbocycles. The van der Waals surface area contributed by atoms with Crippen LogP contribution in [0.1, 0.15) is 37.8 Å². The highest BCUT2D eigenvalue weighted by Gasteiger charge is 2.25. The monoisotopic (exact) mass is 411 g/mol. The summed E-state index contributed by atoms with van der Waals surface area (Å²) >= 11 is 5.74. The first-order chi connectivity index (χ1) is 14.0. The molecule has 4 nitrogen and oxygen atoms in total. The van der Waals surface area contributed by atoms with E-state index in [-0.39, 0.29) is 0 Å². The van der Waals surface area contributed by atoms with Gasteiger partial charge in [-0.3, -0.25) is 0 Å². The Bertz CT molecular complexity index is 821. The lowest BCUT2D eigenvalue weighted by Crippen LogP contribution is -2.54. The summed E-state index contributed by atoms with van der Waals surface area (Å²) in [4.78, 5) is 4.72. The molecule has 1 aliphatic heterocycles. The maximum atomic E-state index is 5.74. The standard InChI is InChI=1S/C24H33N3OS/c1-5-6-7-20-8-13-23(18(2)16-20)25-24(29)26-14-15-27(19(3)17-26)21-9-11-22(28-4)12-10-21/h8-13,16,19H,5-7,14-15,17H2,1-4H3,(H,25,29). The molecular formula is C24H33N3OS. The summed E-state index contributed by atoms with van der Waals surface area (Å²) in [6.07, 6.45) is 3.61. The van der Waals surface area contributed by atoms with E-state index < -0.39 is 0 Å². The zero-order valence-corrected chi connectivity index (χ0v) is 18.9. The molecule has 1 N–H and O–H groups in total. The van der Waals surface area contributed by atoms with Gasteiger partial charge in [0.05, 0.1) is 7.11 Å². The highest BCUT2D eigenvalue weighted by molar-refractivity contribution is 7.80. The van der Waals surface area contributed by atoms with E-state index in [1.165, 1.54) is 29.7 Å². The Kier molecular flexibility index (Phi) is 7.37. The quantitative estimate of drug-likeness (QED) is 0.655. The van der Waals surface area contributed by atoms with Crippen molar-refractivity contribution in [3.8, 4) is 5.75 Å². The van der Waals surface area contributed by atoms with Crippen LogP contribution in [0.3, 0.4) is 0 Å². The van der Waals surface area contributed by atoms with Gasteiger partial charge in [0.15, 0.2) is 5.11 Å². The number of unbranched alkanes of at least 4 members (excludes halogenated alkanes) is 1. The number of hydrogen-bond acceptors (Lipinski definition) is 3. The summed E-state index contributed by atoms with van der Waals surface area (Å²) < 4.78 is 5.27. The van der Waals surface area contributed by atoms with Crippen molar-refractivity contribution in [1.29, 1.82) is 0 Å². The predicted molar refractivity (Wildman–Crippen MR) is 127 cm³/mol. The van der Waals surface area contributed by atoms with Gasteiger partial charge in [-0.25, -0.2) is 0 Å². The first kappa shape index (κ1) is 21.4. The van der Waals surface area contributed by atoms with Crippen LogP contribution >= 0.6 is 12.2 Å². The van der Waals surface area contributed by atoms with Gasteiger partial charge in [0, 0.05) is 37.1 Å². The maximum Gasteiger partial charge on any atom is 0.173 e. The number of thiocarbonyl (C=S) groups is 1. The smallest absolute Gasteiger partial charge is 0.173 e. The Labute approximate surface area is 180 Å². The van der Waals surface area contributed by atoms with Crippen molar-refractivity contribution in [3.05, 3.63) is 53.6 Å². The zero-order valence-electron chi connectivity index (χ0n) is 18.1. The Morgan fingerprint density at radius 1 is 1.17 bits per heavy atom. The molecule has 29 heavy (non-hydrogen) atoms. The molecular weight excluding hydrogens is 378 g/mol. The first-order valence-electron chi connectivity index (χ1n) is 10.6. The number of piperazine rings is 1. The first-order valence-corrected chi connectivity index (χ1v) is 11.0. The predicted octanol–water partition coefficient (Wildman–Crippen LogP) is 5.25. The fourth-order valence-electron chi connectivity index (χ4n) is 3.90. The van der Waals surface area contributed by atoms with Crippen molar-refractivity contribution >= 4 is 28.7 Å². The maximum absolute atomic E-state index is 5.74. The molecule has 2 aromatic rings. The molecule has 2 aromatic carbocycles. The van der Waals surface area contributed by atoms with Crippen LogP contribution in [0.5, 0.6) is 5.75 Å². The fourth-order valence-corrected chi connectivity index (χ4v) is 4.17. The lowest BCUT2D eigenvalue weighted by molar-refractivity contribution is 0.342. The molecule has 1 heterocycles. The molecule has 3 rings (SSSR count). The lowest BCUT2D eigenvalue weighted by atomic mass is 10.0. The second kappa shape index (κ2) is 9.97. The summed E-state index contributed by atoms with van der Waals surface area (Å²) in [6, 6.07) is 15.4. The van der Waals surface area contributed by atoms with Gasteiger partial charge < -0.3 is 19.9 Å². The van der Waals surface area contributed by atoms with Crippen LogP contribution in [0, 0.1) is 6.92 Å². The van der Waals surface area contributed by atoms with Crippen molar-refractivity contribution in [1.82, 2.24) is 4.90 Å². The summed E-state index contributed by atoms with van der Waals surface area (Å²) in [6.45, 7) is 9.42. The number of nitrogens with zero attached hydrogens (tertiary/aromatic N) is 2. The molecule has 0 saturated carbocycles. The SMILES string of the molecule is CCCCc1ccc(NC(=S)N2CCN(c3ccc(OC)cc3)C(C)C2)c(C)c1. The number of ether oxygens (including phenoxy) is 1. The van der Waals surface area contributed by atoms with E-state index >= 15 is 0 Å². The molecule has 0 spiro atoms. The highest BCUT2D eigenvalue weighted by Crippen LogP contribution is 2.24. The van der Waals surface area contributed by atoms with Gasteiger partial charge in [0.25, 0.3) is 0 Å². The van der Waals surface area contributed by atoms with Gasteiger partial charge in [0.2, 0.25) is 0 Å². The van der Waals surface area contributed by atoms with Crippen molar-refractivity contribution in [2.45, 2.75) is 46.1 Å². The normalized spacial score (nSPS) is 16.6. The summed E-state index contributed by atoms with van der Waals surface area (Å²) in [5.41, 5.74) is 5.00. The van der Waals surface area contributed by atoms with E-state index in [0.29, 0.717) is 6.04 Å². The van der Waals surface area contributed by atoms with E-state index in [1.54, 1.807) is 7.11 Å². The molecule has 0 radical (unpaired) electrons. The van der Waals surface area contributed by atoms with E-state index in [1.807, 2.05) is 12.1 Å². The van der Waals surface area contributed by atoms with Crippen molar-refractivity contribution in [3.63, 3.8) is 0 Å². The average molecular weight is 412 g/mol. The van der Waals surface area contributed by atoms with Crippen molar-refractivity contribution in [2.24, 2.45) is 0 Å². The molecule has 1 aliphatic rings. The third-order valence-electron chi connectivity index (χ3n) is 5.67. The van der Waals surface area contributed by atoms with Crippen molar-refractivity contribution in [2.75, 3.05) is 37.0 Å². The number of aryl methyl sites for hydroxylation is 2. The third-order valence-corrected chi connectivity index (χ3v) is 6.03. The summed E-state index contributed by atoms with van der Waals surface area (Å²) in [5, 5.41) is 4.29. The van der Waals surface area contributed by atoms with Gasteiger partial charge in [0.1, 0.15) is 5.75 Å². The average Bonchev–Trinajstić information content (AvgIpc) is 2.74. The summed E-state index contributed by atoms with van der Waals surface area (Å²) in [5.74, 6) is 0.890. The fraction of sp³-hybridized carbons (Fsp3) is 0.458. The van der Waals surface area contributed by atoms with Crippen LogP contribution < -0.4 is 15.0 Å². The molecule has 156 valence electrons. The number of nitrogens with one attached hydrogen (secondary N) is 1. The number of hydrogen-bond donors (Lipinski definition) is 1. The van der Waals surface area contributed by atoms with Gasteiger partial charge in [-0.2, -0.15) is 0 Å². The van der Waals surface area contributed by atoms with Gasteiger partial charge in [-0.1, -0.05) is 25.5 Å². The minimum Gasteiger partial charge on any atom is -0.497 e. The molecule has 0 aromatic heterocycles. The van der Waals surface area contributed by atoms with E-state index in [0.717, 1.165) is 42.6 Å². The molecule has 1 atom stereocenters. The van der Waals surface area contributed by atoms with Crippen LogP contribution in [-0.2, 0) is 6.42 Å². The van der Waals surface area contributed by atoms with E-state index in [9.17, 15) is 0 Å². The number of methoxy groups -OCH3 is 1. The molecule has 1 saturated heterocycles.